The summed E-state index contributed by atoms with van der Waals surface area (Å²) in [5.74, 6) is -0.0432. The van der Waals surface area contributed by atoms with Crippen molar-refractivity contribution in [3.8, 4) is 0 Å². The van der Waals surface area contributed by atoms with Gasteiger partial charge in [-0.1, -0.05) is 43.4 Å². The summed E-state index contributed by atoms with van der Waals surface area (Å²) < 4.78 is 0.752. The molecule has 1 aliphatic rings. The zero-order valence-electron chi connectivity index (χ0n) is 12.5. The fourth-order valence-corrected chi connectivity index (χ4v) is 3.94. The molecule has 1 aliphatic heterocycles. The summed E-state index contributed by atoms with van der Waals surface area (Å²) >= 11 is 2.76. The van der Waals surface area contributed by atoms with Gasteiger partial charge in [-0.25, -0.2) is 4.98 Å². The van der Waals surface area contributed by atoms with Gasteiger partial charge in [0.25, 0.3) is 5.91 Å². The second-order valence-corrected chi connectivity index (χ2v) is 7.59. The average molecular weight is 346 g/mol. The van der Waals surface area contributed by atoms with Crippen molar-refractivity contribution in [1.29, 1.82) is 0 Å². The van der Waals surface area contributed by atoms with E-state index in [1.807, 2.05) is 32.0 Å². The van der Waals surface area contributed by atoms with E-state index < -0.39 is 4.99 Å². The fraction of sp³-hybridized carbons (Fsp3) is 0.286. The van der Waals surface area contributed by atoms with Gasteiger partial charge in [0.05, 0.1) is 6.20 Å². The van der Waals surface area contributed by atoms with Crippen LogP contribution in [-0.4, -0.2) is 15.9 Å². The van der Waals surface area contributed by atoms with E-state index >= 15 is 0 Å². The first-order valence-corrected chi connectivity index (χ1v) is 8.58. The Morgan fingerprint density at radius 3 is 2.57 bits per heavy atom. The van der Waals surface area contributed by atoms with E-state index in [0.717, 1.165) is 4.34 Å². The Kier molecular flexibility index (Phi) is 4.49. The molecule has 0 fully saturated rings. The molecule has 1 N–H and O–H groups in total. The van der Waals surface area contributed by atoms with Crippen LogP contribution >= 0.6 is 23.1 Å². The van der Waals surface area contributed by atoms with Gasteiger partial charge in [-0.05, 0) is 34.3 Å². The summed E-state index contributed by atoms with van der Waals surface area (Å²) in [7, 11) is 0. The Balaban J connectivity index is 1.70. The van der Waals surface area contributed by atoms with Crippen molar-refractivity contribution in [2.24, 2.45) is 26.6 Å². The van der Waals surface area contributed by atoms with Gasteiger partial charge in [-0.15, -0.1) is 10.2 Å². The topological polar surface area (TPSA) is 91.4 Å². The van der Waals surface area contributed by atoms with Crippen LogP contribution in [0.5, 0.6) is 0 Å². The second kappa shape index (κ2) is 6.55. The lowest BCUT2D eigenvalue weighted by Crippen LogP contribution is -2.23. The zero-order valence-corrected chi connectivity index (χ0v) is 14.1. The van der Waals surface area contributed by atoms with Crippen molar-refractivity contribution in [3.63, 3.8) is 0 Å². The Morgan fingerprint density at radius 2 is 1.91 bits per heavy atom. The Morgan fingerprint density at radius 1 is 1.22 bits per heavy atom. The van der Waals surface area contributed by atoms with E-state index in [4.69, 9.17) is 0 Å². The predicted molar refractivity (Wildman–Crippen MR) is 89.6 cm³/mol. The highest BCUT2D eigenvalue weighted by molar-refractivity contribution is 8.02. The third-order valence-electron chi connectivity index (χ3n) is 3.16. The third-order valence-corrected chi connectivity index (χ3v) is 5.59. The third kappa shape index (κ3) is 3.45. The van der Waals surface area contributed by atoms with Crippen molar-refractivity contribution < 1.29 is 4.79 Å². The number of hydrogen-bond acceptors (Lipinski definition) is 8. The number of carbonyl (C=O) groups excluding carboxylic acids is 1. The van der Waals surface area contributed by atoms with Crippen LogP contribution in [0.4, 0.5) is 5.00 Å². The normalized spacial score (nSPS) is 15.3. The Bertz CT molecular complexity index is 744. The van der Waals surface area contributed by atoms with Gasteiger partial charge in [-0.2, -0.15) is 0 Å². The highest BCUT2D eigenvalue weighted by Crippen LogP contribution is 2.45. The first-order chi connectivity index (χ1) is 11.1. The summed E-state index contributed by atoms with van der Waals surface area (Å²) in [5, 5.41) is 19.0. The van der Waals surface area contributed by atoms with Crippen LogP contribution in [0.3, 0.4) is 0 Å². The van der Waals surface area contributed by atoms with Gasteiger partial charge in [0.15, 0.2) is 4.34 Å². The van der Waals surface area contributed by atoms with E-state index in [2.05, 4.69) is 31.0 Å². The minimum Gasteiger partial charge on any atom is -0.312 e. The lowest BCUT2D eigenvalue weighted by molar-refractivity contribution is 0.102. The zero-order chi connectivity index (χ0) is 16.3. The molecule has 0 radical (unpaired) electrons. The number of rotatable bonds is 5. The Labute approximate surface area is 141 Å². The van der Waals surface area contributed by atoms with Crippen LogP contribution < -0.4 is 5.32 Å². The lowest BCUT2D eigenvalue weighted by atomic mass is 10.2. The summed E-state index contributed by atoms with van der Waals surface area (Å²) in [6.45, 7) is 4.00. The molecule has 23 heavy (non-hydrogen) atoms. The molecule has 118 valence electrons. The maximum atomic E-state index is 12.1. The van der Waals surface area contributed by atoms with Gasteiger partial charge in [0.2, 0.25) is 4.99 Å². The number of thioether (sulfide) groups is 1. The van der Waals surface area contributed by atoms with Crippen molar-refractivity contribution >= 4 is 34.0 Å². The van der Waals surface area contributed by atoms with E-state index in [-0.39, 0.29) is 11.8 Å². The number of hydrogen-bond donors (Lipinski definition) is 1. The molecule has 0 aliphatic carbocycles. The van der Waals surface area contributed by atoms with E-state index in [9.17, 15) is 4.79 Å². The average Bonchev–Trinajstić information content (AvgIpc) is 3.19. The first-order valence-electron chi connectivity index (χ1n) is 6.94. The van der Waals surface area contributed by atoms with E-state index in [1.165, 1.54) is 23.1 Å². The van der Waals surface area contributed by atoms with Crippen molar-refractivity contribution in [3.05, 3.63) is 42.1 Å². The number of thiazole rings is 1. The summed E-state index contributed by atoms with van der Waals surface area (Å²) in [6, 6.07) is 9.04. The van der Waals surface area contributed by atoms with Crippen molar-refractivity contribution in [1.82, 2.24) is 4.98 Å². The predicted octanol–water partition coefficient (Wildman–Crippen LogP) is 4.63. The van der Waals surface area contributed by atoms with Gasteiger partial charge in [0, 0.05) is 11.5 Å². The lowest BCUT2D eigenvalue weighted by Gasteiger charge is -2.21. The molecule has 0 atom stereocenters. The SMILES string of the molecule is CC(C)C1(Sc2ncc(NC(=O)c3ccccc3)s2)N=NN=N1. The molecule has 2 heterocycles. The van der Waals surface area contributed by atoms with Gasteiger partial charge < -0.3 is 5.32 Å². The first kappa shape index (κ1) is 15.8. The number of carbonyl (C=O) groups is 1. The maximum absolute atomic E-state index is 12.1. The molecule has 3 rings (SSSR count). The molecule has 0 saturated carbocycles. The standard InChI is InChI=1S/C14H14N6OS2/c1-9(2)14(17-19-20-18-14)23-13-15-8-11(22-13)16-12(21)10-6-4-3-5-7-10/h3-9H,1-2H3,(H,16,21). The van der Waals surface area contributed by atoms with Gasteiger partial charge in [0.1, 0.15) is 5.00 Å². The molecule has 0 bridgehead atoms. The summed E-state index contributed by atoms with van der Waals surface area (Å²) in [5.41, 5.74) is 0.604. The Hall–Kier alpha value is -2.13. The quantitative estimate of drug-likeness (QED) is 0.855. The molecular formula is C14H14N6OS2. The molecular weight excluding hydrogens is 332 g/mol. The molecule has 0 spiro atoms. The highest BCUT2D eigenvalue weighted by atomic mass is 32.2. The summed E-state index contributed by atoms with van der Waals surface area (Å²) in [4.78, 5) is 15.7. The van der Waals surface area contributed by atoms with Crippen molar-refractivity contribution in [2.45, 2.75) is 23.2 Å². The fourth-order valence-electron chi connectivity index (χ4n) is 1.84. The van der Waals surface area contributed by atoms with Gasteiger partial charge in [-0.3, -0.25) is 4.79 Å². The molecule has 0 saturated heterocycles. The van der Waals surface area contributed by atoms with Crippen LogP contribution in [0.2, 0.25) is 0 Å². The molecule has 1 amide bonds. The number of amides is 1. The van der Waals surface area contributed by atoms with Crippen LogP contribution in [-0.2, 0) is 0 Å². The van der Waals surface area contributed by atoms with Gasteiger partial charge >= 0.3 is 0 Å². The maximum Gasteiger partial charge on any atom is 0.256 e. The van der Waals surface area contributed by atoms with Crippen LogP contribution in [0, 0.1) is 5.92 Å². The van der Waals surface area contributed by atoms with Crippen LogP contribution in [0.15, 0.2) is 61.5 Å². The highest BCUT2D eigenvalue weighted by Gasteiger charge is 2.39. The number of nitrogens with zero attached hydrogens (tertiary/aromatic N) is 5. The number of aromatic nitrogens is 1. The molecule has 0 unspecified atom stereocenters. The monoisotopic (exact) mass is 346 g/mol. The number of anilines is 1. The second-order valence-electron chi connectivity index (χ2n) is 5.10. The largest absolute Gasteiger partial charge is 0.312 e. The van der Waals surface area contributed by atoms with E-state index in [0.29, 0.717) is 10.6 Å². The summed E-state index contributed by atoms with van der Waals surface area (Å²) in [6.07, 6.45) is 1.63. The molecule has 1 aromatic carbocycles. The smallest absolute Gasteiger partial charge is 0.256 e. The van der Waals surface area contributed by atoms with Crippen LogP contribution in [0.1, 0.15) is 24.2 Å². The molecule has 2 aromatic rings. The minimum absolute atomic E-state index is 0.119. The van der Waals surface area contributed by atoms with Crippen molar-refractivity contribution in [2.75, 3.05) is 5.32 Å². The minimum atomic E-state index is -0.765. The number of benzene rings is 1. The number of nitrogens with one attached hydrogen (secondary N) is 1. The van der Waals surface area contributed by atoms with Crippen LogP contribution in [0.25, 0.3) is 0 Å². The molecule has 7 nitrogen and oxygen atoms in total. The van der Waals surface area contributed by atoms with E-state index in [1.54, 1.807) is 18.3 Å². The molecule has 9 heteroatoms. The molecule has 1 aromatic heterocycles.